The fourth-order valence-electron chi connectivity index (χ4n) is 3.95. The number of likely N-dealkylation sites (tertiary alicyclic amines) is 1. The molecule has 3 rings (SSSR count). The van der Waals surface area contributed by atoms with Crippen LogP contribution in [0.2, 0.25) is 0 Å². The first-order valence-corrected chi connectivity index (χ1v) is 12.1. The van der Waals surface area contributed by atoms with E-state index in [4.69, 9.17) is 10.1 Å². The number of amidine groups is 1. The van der Waals surface area contributed by atoms with Gasteiger partial charge < -0.3 is 20.3 Å². The highest BCUT2D eigenvalue weighted by Crippen LogP contribution is 2.27. The van der Waals surface area contributed by atoms with Crippen LogP contribution in [0.1, 0.15) is 37.0 Å². The Balaban J connectivity index is 1.67. The lowest BCUT2D eigenvalue weighted by Crippen LogP contribution is -2.34. The van der Waals surface area contributed by atoms with Gasteiger partial charge in [-0.15, -0.1) is 9.24 Å². The van der Waals surface area contributed by atoms with Crippen molar-refractivity contribution in [2.45, 2.75) is 27.2 Å². The SMILES string of the molecule is C=C(Nc1cc(C)ccc1C(=N)N1CC[C@@H](CNC(=O)OCC(C)C)C1)c1c(F)cccc1P. The van der Waals surface area contributed by atoms with Crippen LogP contribution in [0, 0.1) is 30.0 Å². The van der Waals surface area contributed by atoms with Gasteiger partial charge in [-0.3, -0.25) is 5.41 Å². The van der Waals surface area contributed by atoms with Crippen LogP contribution in [0.15, 0.2) is 43.0 Å². The summed E-state index contributed by atoms with van der Waals surface area (Å²) in [6.45, 7) is 12.3. The number of carbonyl (C=O) groups excluding carboxylic acids is 1. The van der Waals surface area contributed by atoms with Crippen molar-refractivity contribution in [2.75, 3.05) is 31.6 Å². The molecule has 1 unspecified atom stereocenters. The van der Waals surface area contributed by atoms with Crippen LogP contribution >= 0.6 is 9.24 Å². The summed E-state index contributed by atoms with van der Waals surface area (Å²) in [4.78, 5) is 13.9. The molecule has 0 saturated carbocycles. The zero-order valence-corrected chi connectivity index (χ0v) is 21.2. The van der Waals surface area contributed by atoms with Crippen molar-refractivity contribution in [3.63, 3.8) is 0 Å². The quantitative estimate of drug-likeness (QED) is 0.287. The van der Waals surface area contributed by atoms with Gasteiger partial charge in [-0.1, -0.05) is 38.6 Å². The first-order chi connectivity index (χ1) is 16.2. The number of alkyl carbamates (subject to hydrolysis) is 1. The fraction of sp³-hybridized carbons (Fsp3) is 0.385. The Kier molecular flexibility index (Phi) is 8.67. The Morgan fingerprint density at radius 2 is 2.12 bits per heavy atom. The van der Waals surface area contributed by atoms with Gasteiger partial charge in [-0.25, -0.2) is 9.18 Å². The van der Waals surface area contributed by atoms with Crippen LogP contribution in [0.4, 0.5) is 14.9 Å². The molecule has 1 fully saturated rings. The second-order valence-corrected chi connectivity index (χ2v) is 9.80. The molecule has 1 saturated heterocycles. The molecule has 2 atom stereocenters. The van der Waals surface area contributed by atoms with E-state index in [1.807, 2.05) is 49.9 Å². The Bertz CT molecular complexity index is 1050. The lowest BCUT2D eigenvalue weighted by atomic mass is 10.1. The molecule has 0 bridgehead atoms. The molecule has 6 nitrogen and oxygen atoms in total. The molecule has 1 aliphatic heterocycles. The van der Waals surface area contributed by atoms with Gasteiger partial charge in [-0.2, -0.15) is 0 Å². The Morgan fingerprint density at radius 1 is 1.35 bits per heavy atom. The summed E-state index contributed by atoms with van der Waals surface area (Å²) in [5.74, 6) is 0.570. The number of rotatable bonds is 8. The first kappa shape index (κ1) is 25.7. The van der Waals surface area contributed by atoms with Gasteiger partial charge in [0.15, 0.2) is 0 Å². The highest BCUT2D eigenvalue weighted by atomic mass is 31.0. The third-order valence-corrected chi connectivity index (χ3v) is 6.23. The number of aryl methyl sites for hydroxylation is 1. The van der Waals surface area contributed by atoms with Crippen LogP contribution in [-0.2, 0) is 4.74 Å². The minimum Gasteiger partial charge on any atom is -0.449 e. The van der Waals surface area contributed by atoms with E-state index < -0.39 is 6.09 Å². The van der Waals surface area contributed by atoms with E-state index in [1.165, 1.54) is 6.07 Å². The number of anilines is 1. The third kappa shape index (κ3) is 6.57. The summed E-state index contributed by atoms with van der Waals surface area (Å²) < 4.78 is 19.6. The van der Waals surface area contributed by atoms with Crippen molar-refractivity contribution in [3.05, 3.63) is 65.5 Å². The number of carbonyl (C=O) groups is 1. The van der Waals surface area contributed by atoms with Crippen LogP contribution in [0.3, 0.4) is 0 Å². The van der Waals surface area contributed by atoms with Gasteiger partial charge in [0, 0.05) is 42.1 Å². The molecule has 0 spiro atoms. The maximum Gasteiger partial charge on any atom is 0.407 e. The van der Waals surface area contributed by atoms with Gasteiger partial charge in [0.25, 0.3) is 0 Å². The zero-order valence-electron chi connectivity index (χ0n) is 20.1. The van der Waals surface area contributed by atoms with E-state index in [1.54, 1.807) is 6.07 Å². The number of benzene rings is 2. The lowest BCUT2D eigenvalue weighted by molar-refractivity contribution is 0.131. The number of halogens is 1. The standard InChI is InChI=1S/C26H34FN4O2P/c1-16(2)15-33-26(32)29-13-19-10-11-31(14-19)25(28)20-9-8-17(3)12-22(20)30-18(4)24-21(27)6-5-7-23(24)34/h5-9,12,16,19,28,30H,4,10-11,13-15,34H2,1-3H3,(H,29,32)/t19-/m0/s1. The fourth-order valence-corrected chi connectivity index (χ4v) is 4.37. The Hall–Kier alpha value is -2.92. The van der Waals surface area contributed by atoms with Crippen molar-refractivity contribution in [1.82, 2.24) is 10.2 Å². The van der Waals surface area contributed by atoms with E-state index in [-0.39, 0.29) is 11.7 Å². The average Bonchev–Trinajstić information content (AvgIpc) is 3.25. The summed E-state index contributed by atoms with van der Waals surface area (Å²) in [6.07, 6.45) is 0.479. The van der Waals surface area contributed by atoms with E-state index in [2.05, 4.69) is 26.5 Å². The zero-order chi connectivity index (χ0) is 24.8. The molecule has 0 aromatic heterocycles. The van der Waals surface area contributed by atoms with Gasteiger partial charge in [0.2, 0.25) is 0 Å². The molecular formula is C26H34FN4O2P. The molecule has 182 valence electrons. The van der Waals surface area contributed by atoms with E-state index >= 15 is 0 Å². The van der Waals surface area contributed by atoms with Gasteiger partial charge >= 0.3 is 6.09 Å². The number of nitrogens with one attached hydrogen (secondary N) is 3. The van der Waals surface area contributed by atoms with E-state index in [9.17, 15) is 9.18 Å². The topological polar surface area (TPSA) is 77.5 Å². The number of nitrogens with zero attached hydrogens (tertiary/aromatic N) is 1. The van der Waals surface area contributed by atoms with Crippen LogP contribution in [-0.4, -0.2) is 43.1 Å². The first-order valence-electron chi connectivity index (χ1n) is 11.5. The normalized spacial score (nSPS) is 15.4. The number of amides is 1. The van der Waals surface area contributed by atoms with Crippen LogP contribution in [0.25, 0.3) is 5.70 Å². The van der Waals surface area contributed by atoms with Crippen molar-refractivity contribution < 1.29 is 13.9 Å². The molecule has 34 heavy (non-hydrogen) atoms. The van der Waals surface area contributed by atoms with Gasteiger partial charge in [0.1, 0.15) is 11.7 Å². The summed E-state index contributed by atoms with van der Waals surface area (Å²) in [5.41, 5.74) is 3.30. The van der Waals surface area contributed by atoms with E-state index in [0.717, 1.165) is 24.1 Å². The highest BCUT2D eigenvalue weighted by Gasteiger charge is 2.27. The minimum absolute atomic E-state index is 0.238. The predicted molar refractivity (Wildman–Crippen MR) is 140 cm³/mol. The average molecular weight is 485 g/mol. The Morgan fingerprint density at radius 3 is 2.82 bits per heavy atom. The molecule has 2 aromatic carbocycles. The van der Waals surface area contributed by atoms with Crippen molar-refractivity contribution >= 4 is 37.9 Å². The van der Waals surface area contributed by atoms with Crippen molar-refractivity contribution in [1.29, 1.82) is 5.41 Å². The van der Waals surface area contributed by atoms with Crippen molar-refractivity contribution in [3.8, 4) is 0 Å². The maximum absolute atomic E-state index is 14.4. The largest absolute Gasteiger partial charge is 0.449 e. The maximum atomic E-state index is 14.4. The molecule has 0 aliphatic carbocycles. The van der Waals surface area contributed by atoms with Crippen LogP contribution < -0.4 is 15.9 Å². The molecule has 0 radical (unpaired) electrons. The second kappa shape index (κ2) is 11.5. The molecule has 1 heterocycles. The summed E-state index contributed by atoms with van der Waals surface area (Å²) in [6, 6.07) is 10.7. The molecule has 3 N–H and O–H groups in total. The summed E-state index contributed by atoms with van der Waals surface area (Å²) in [7, 11) is 2.54. The molecule has 1 aliphatic rings. The summed E-state index contributed by atoms with van der Waals surface area (Å²) in [5, 5.41) is 15.6. The minimum atomic E-state index is -0.396. The number of hydrogen-bond donors (Lipinski definition) is 3. The molecule has 1 amide bonds. The van der Waals surface area contributed by atoms with Gasteiger partial charge in [-0.05, 0) is 54.2 Å². The summed E-state index contributed by atoms with van der Waals surface area (Å²) >= 11 is 0. The smallest absolute Gasteiger partial charge is 0.407 e. The second-order valence-electron chi connectivity index (χ2n) is 9.18. The Labute approximate surface area is 203 Å². The lowest BCUT2D eigenvalue weighted by Gasteiger charge is -2.23. The number of ether oxygens (including phenoxy) is 1. The van der Waals surface area contributed by atoms with Gasteiger partial charge in [0.05, 0.1) is 6.61 Å². The third-order valence-electron chi connectivity index (χ3n) is 5.75. The molecule has 2 aromatic rings. The van der Waals surface area contributed by atoms with Crippen molar-refractivity contribution in [2.24, 2.45) is 11.8 Å². The molecule has 8 heteroatoms. The molecular weight excluding hydrogens is 450 g/mol. The van der Waals surface area contributed by atoms with Crippen LogP contribution in [0.5, 0.6) is 0 Å². The predicted octanol–water partition coefficient (Wildman–Crippen LogP) is 4.75. The number of hydrogen-bond acceptors (Lipinski definition) is 4. The van der Waals surface area contributed by atoms with E-state index in [0.29, 0.717) is 53.7 Å². The highest BCUT2D eigenvalue weighted by molar-refractivity contribution is 7.27. The monoisotopic (exact) mass is 484 g/mol.